The van der Waals surface area contributed by atoms with Gasteiger partial charge >= 0.3 is 0 Å². The summed E-state index contributed by atoms with van der Waals surface area (Å²) in [5.41, 5.74) is 1.74. The third-order valence-corrected chi connectivity index (χ3v) is 6.53. The van der Waals surface area contributed by atoms with E-state index in [9.17, 15) is 13.2 Å². The number of benzene rings is 1. The highest BCUT2D eigenvalue weighted by Gasteiger charge is 2.24. The highest BCUT2D eigenvalue weighted by atomic mass is 32.2. The van der Waals surface area contributed by atoms with Gasteiger partial charge in [-0.25, -0.2) is 13.1 Å². The standard InChI is InChI=1S/C19H29N3O4S/c1-14-12-21(13-15(2)26-14)10-8-20-27(24,25)18-6-7-19-17(11-18)5-4-9-22(19)16(3)23/h6-7,11,14-15,20H,4-5,8-10,12-13H2,1-3H3. The Morgan fingerprint density at radius 3 is 2.63 bits per heavy atom. The molecule has 2 unspecified atom stereocenters. The molecule has 1 N–H and O–H groups in total. The van der Waals surface area contributed by atoms with Gasteiger partial charge in [0.05, 0.1) is 17.1 Å². The zero-order chi connectivity index (χ0) is 19.6. The Hall–Kier alpha value is -1.48. The van der Waals surface area contributed by atoms with Crippen LogP contribution >= 0.6 is 0 Å². The molecule has 8 heteroatoms. The minimum Gasteiger partial charge on any atom is -0.373 e. The SMILES string of the molecule is CC(=O)N1CCCc2cc(S(=O)(=O)NCCN3CC(C)OC(C)C3)ccc21. The minimum atomic E-state index is -3.57. The van der Waals surface area contributed by atoms with Crippen LogP contribution in [0.25, 0.3) is 0 Å². The van der Waals surface area contributed by atoms with E-state index >= 15 is 0 Å². The number of sulfonamides is 1. The lowest BCUT2D eigenvalue weighted by atomic mass is 10.0. The number of aryl methyl sites for hydroxylation is 1. The number of anilines is 1. The molecule has 1 aromatic carbocycles. The minimum absolute atomic E-state index is 0.0151. The summed E-state index contributed by atoms with van der Waals surface area (Å²) in [6.07, 6.45) is 1.95. The van der Waals surface area contributed by atoms with Crippen LogP contribution in [0.3, 0.4) is 0 Å². The smallest absolute Gasteiger partial charge is 0.240 e. The van der Waals surface area contributed by atoms with Gasteiger partial charge in [0.15, 0.2) is 0 Å². The Bertz CT molecular complexity index is 786. The summed E-state index contributed by atoms with van der Waals surface area (Å²) in [4.78, 5) is 16.0. The van der Waals surface area contributed by atoms with Crippen LogP contribution in [0.15, 0.2) is 23.1 Å². The van der Waals surface area contributed by atoms with Crippen LogP contribution in [0.5, 0.6) is 0 Å². The molecule has 3 rings (SSSR count). The summed E-state index contributed by atoms with van der Waals surface area (Å²) in [6, 6.07) is 5.03. The number of carbonyl (C=O) groups is 1. The Morgan fingerprint density at radius 2 is 1.96 bits per heavy atom. The topological polar surface area (TPSA) is 79.0 Å². The first-order valence-electron chi connectivity index (χ1n) is 9.55. The lowest BCUT2D eigenvalue weighted by Crippen LogP contribution is -2.47. The van der Waals surface area contributed by atoms with Crippen molar-refractivity contribution in [3.8, 4) is 0 Å². The summed E-state index contributed by atoms with van der Waals surface area (Å²) in [5.74, 6) is -0.0151. The van der Waals surface area contributed by atoms with Gasteiger partial charge in [0.2, 0.25) is 15.9 Å². The van der Waals surface area contributed by atoms with Crippen LogP contribution in [0, 0.1) is 0 Å². The molecule has 27 heavy (non-hydrogen) atoms. The second-order valence-electron chi connectivity index (χ2n) is 7.48. The fourth-order valence-electron chi connectivity index (χ4n) is 3.96. The van der Waals surface area contributed by atoms with E-state index in [1.54, 1.807) is 23.1 Å². The van der Waals surface area contributed by atoms with Gasteiger partial charge < -0.3 is 9.64 Å². The van der Waals surface area contributed by atoms with E-state index in [1.807, 2.05) is 13.8 Å². The van der Waals surface area contributed by atoms with E-state index in [4.69, 9.17) is 4.74 Å². The van der Waals surface area contributed by atoms with Crippen molar-refractivity contribution in [3.63, 3.8) is 0 Å². The maximum Gasteiger partial charge on any atom is 0.240 e. The fourth-order valence-corrected chi connectivity index (χ4v) is 5.03. The van der Waals surface area contributed by atoms with Crippen molar-refractivity contribution in [1.29, 1.82) is 0 Å². The number of rotatable bonds is 5. The largest absolute Gasteiger partial charge is 0.373 e. The van der Waals surface area contributed by atoms with Crippen molar-refractivity contribution < 1.29 is 17.9 Å². The first kappa shape index (κ1) is 20.3. The maximum absolute atomic E-state index is 12.7. The number of ether oxygens (including phenoxy) is 1. The summed E-state index contributed by atoms with van der Waals surface area (Å²) >= 11 is 0. The molecular formula is C19H29N3O4S. The lowest BCUT2D eigenvalue weighted by molar-refractivity contribution is -0.116. The van der Waals surface area contributed by atoms with E-state index in [0.717, 1.165) is 37.2 Å². The summed E-state index contributed by atoms with van der Waals surface area (Å²) < 4.78 is 33.7. The number of nitrogens with one attached hydrogen (secondary N) is 1. The molecule has 150 valence electrons. The lowest BCUT2D eigenvalue weighted by Gasteiger charge is -2.35. The van der Waals surface area contributed by atoms with E-state index < -0.39 is 10.0 Å². The van der Waals surface area contributed by atoms with Gasteiger partial charge in [0, 0.05) is 45.3 Å². The zero-order valence-electron chi connectivity index (χ0n) is 16.3. The van der Waals surface area contributed by atoms with Crippen molar-refractivity contribution >= 4 is 21.6 Å². The normalized spacial score (nSPS) is 23.9. The van der Waals surface area contributed by atoms with Gasteiger partial charge in [-0.3, -0.25) is 9.69 Å². The van der Waals surface area contributed by atoms with Crippen LogP contribution in [0.1, 0.15) is 32.8 Å². The van der Waals surface area contributed by atoms with Gasteiger partial charge in [-0.2, -0.15) is 0 Å². The molecule has 0 aliphatic carbocycles. The quantitative estimate of drug-likeness (QED) is 0.815. The molecule has 2 aliphatic heterocycles. The molecule has 1 aromatic rings. The summed E-state index contributed by atoms with van der Waals surface area (Å²) in [7, 11) is -3.57. The van der Waals surface area contributed by atoms with E-state index in [2.05, 4.69) is 9.62 Å². The van der Waals surface area contributed by atoms with E-state index in [0.29, 0.717) is 19.6 Å². The molecule has 0 aromatic heterocycles. The fraction of sp³-hybridized carbons (Fsp3) is 0.632. The average Bonchev–Trinajstić information content (AvgIpc) is 2.59. The summed E-state index contributed by atoms with van der Waals surface area (Å²) in [6.45, 7) is 8.92. The third-order valence-electron chi connectivity index (χ3n) is 5.08. The molecule has 1 amide bonds. The molecule has 7 nitrogen and oxygen atoms in total. The highest BCUT2D eigenvalue weighted by molar-refractivity contribution is 7.89. The molecule has 0 spiro atoms. The molecule has 2 atom stereocenters. The monoisotopic (exact) mass is 395 g/mol. The van der Waals surface area contributed by atoms with Crippen LogP contribution in [-0.4, -0.2) is 64.2 Å². The number of carbonyl (C=O) groups excluding carboxylic acids is 1. The Morgan fingerprint density at radius 1 is 1.26 bits per heavy atom. The van der Waals surface area contributed by atoms with Crippen molar-refractivity contribution in [2.75, 3.05) is 37.6 Å². The molecular weight excluding hydrogens is 366 g/mol. The first-order valence-corrected chi connectivity index (χ1v) is 11.0. The molecule has 0 radical (unpaired) electrons. The van der Waals surface area contributed by atoms with Crippen molar-refractivity contribution in [1.82, 2.24) is 9.62 Å². The van der Waals surface area contributed by atoms with E-state index in [1.165, 1.54) is 6.92 Å². The average molecular weight is 396 g/mol. The van der Waals surface area contributed by atoms with Gasteiger partial charge in [-0.1, -0.05) is 0 Å². The number of morpholine rings is 1. The van der Waals surface area contributed by atoms with Gasteiger partial charge in [0.25, 0.3) is 0 Å². The van der Waals surface area contributed by atoms with Crippen LogP contribution < -0.4 is 9.62 Å². The number of hydrogen-bond acceptors (Lipinski definition) is 5. The van der Waals surface area contributed by atoms with Crippen molar-refractivity contribution in [3.05, 3.63) is 23.8 Å². The first-order chi connectivity index (χ1) is 12.8. The third kappa shape index (κ3) is 4.87. The van der Waals surface area contributed by atoms with Gasteiger partial charge in [-0.15, -0.1) is 0 Å². The second kappa shape index (κ2) is 8.26. The zero-order valence-corrected chi connectivity index (χ0v) is 17.1. The molecule has 1 saturated heterocycles. The Balaban J connectivity index is 1.64. The number of nitrogens with zero attached hydrogens (tertiary/aromatic N) is 2. The molecule has 0 bridgehead atoms. The predicted molar refractivity (Wildman–Crippen MR) is 104 cm³/mol. The number of amides is 1. The molecule has 2 aliphatic rings. The Kier molecular flexibility index (Phi) is 6.20. The van der Waals surface area contributed by atoms with E-state index in [-0.39, 0.29) is 23.0 Å². The number of hydrogen-bond donors (Lipinski definition) is 1. The maximum atomic E-state index is 12.7. The second-order valence-corrected chi connectivity index (χ2v) is 9.25. The highest BCUT2D eigenvalue weighted by Crippen LogP contribution is 2.29. The van der Waals surface area contributed by atoms with Crippen LogP contribution in [-0.2, 0) is 26.0 Å². The molecule has 0 saturated carbocycles. The molecule has 2 heterocycles. The van der Waals surface area contributed by atoms with Gasteiger partial charge in [0.1, 0.15) is 0 Å². The van der Waals surface area contributed by atoms with Crippen molar-refractivity contribution in [2.45, 2.75) is 50.7 Å². The van der Waals surface area contributed by atoms with Crippen LogP contribution in [0.2, 0.25) is 0 Å². The Labute approximate surface area is 161 Å². The van der Waals surface area contributed by atoms with Crippen molar-refractivity contribution in [2.24, 2.45) is 0 Å². The van der Waals surface area contributed by atoms with Crippen LogP contribution in [0.4, 0.5) is 5.69 Å². The molecule has 1 fully saturated rings. The number of fused-ring (bicyclic) bond motifs is 1. The van der Waals surface area contributed by atoms with Gasteiger partial charge in [-0.05, 0) is 50.5 Å². The predicted octanol–water partition coefficient (Wildman–Crippen LogP) is 1.37. The summed E-state index contributed by atoms with van der Waals surface area (Å²) in [5, 5.41) is 0.